The summed E-state index contributed by atoms with van der Waals surface area (Å²) in [6.45, 7) is -0.960. The number of ether oxygens (including phenoxy) is 1. The van der Waals surface area contributed by atoms with Gasteiger partial charge in [-0.2, -0.15) is 13.9 Å². The highest BCUT2D eigenvalue weighted by atomic mass is 19.3. The monoisotopic (exact) mass is 340 g/mol. The Kier molecular flexibility index (Phi) is 4.38. The van der Waals surface area contributed by atoms with E-state index in [1.807, 2.05) is 0 Å². The van der Waals surface area contributed by atoms with E-state index in [1.165, 1.54) is 23.3 Å². The van der Waals surface area contributed by atoms with Gasteiger partial charge in [0, 0.05) is 12.6 Å². The zero-order valence-electron chi connectivity index (χ0n) is 12.6. The fourth-order valence-electron chi connectivity index (χ4n) is 2.25. The number of aliphatic hydroxyl groups is 1. The molecule has 0 spiro atoms. The fraction of sp³-hybridized carbons (Fsp3) is 0.429. The lowest BCUT2D eigenvalue weighted by atomic mass is 10.0. The van der Waals surface area contributed by atoms with Crippen molar-refractivity contribution in [3.8, 4) is 5.88 Å². The van der Waals surface area contributed by atoms with Gasteiger partial charge in [-0.3, -0.25) is 4.79 Å². The molecule has 128 valence electrons. The average Bonchev–Trinajstić information content (AvgIpc) is 3.01. The number of oxazole rings is 1. The SMILES string of the molecule is C[C@H]1[C@@H](O)CN1C(=O)c1coc(Cc2ccc(OC(F)F)nn2)n1. The van der Waals surface area contributed by atoms with Gasteiger partial charge in [-0.25, -0.2) is 4.98 Å². The van der Waals surface area contributed by atoms with Crippen LogP contribution in [0.1, 0.15) is 29.0 Å². The number of alkyl halides is 2. The lowest BCUT2D eigenvalue weighted by Gasteiger charge is -2.42. The normalized spacial score (nSPS) is 20.1. The molecule has 0 radical (unpaired) electrons. The maximum atomic E-state index is 12.2. The van der Waals surface area contributed by atoms with Gasteiger partial charge in [-0.1, -0.05) is 0 Å². The number of hydrogen-bond donors (Lipinski definition) is 1. The second-order valence-corrected chi connectivity index (χ2v) is 5.31. The second-order valence-electron chi connectivity index (χ2n) is 5.31. The van der Waals surface area contributed by atoms with Crippen LogP contribution in [0.3, 0.4) is 0 Å². The maximum Gasteiger partial charge on any atom is 0.388 e. The van der Waals surface area contributed by atoms with Crippen LogP contribution < -0.4 is 4.74 Å². The summed E-state index contributed by atoms with van der Waals surface area (Å²) in [5, 5.41) is 16.7. The molecule has 2 aromatic heterocycles. The number of nitrogens with zero attached hydrogens (tertiary/aromatic N) is 4. The zero-order valence-corrected chi connectivity index (χ0v) is 12.6. The Labute approximate surface area is 135 Å². The van der Waals surface area contributed by atoms with Crippen molar-refractivity contribution in [2.24, 2.45) is 0 Å². The first-order chi connectivity index (χ1) is 11.4. The third-order valence-electron chi connectivity index (χ3n) is 3.70. The number of likely N-dealkylation sites (tertiary alicyclic amines) is 1. The van der Waals surface area contributed by atoms with Crippen molar-refractivity contribution in [3.63, 3.8) is 0 Å². The number of aromatic nitrogens is 3. The van der Waals surface area contributed by atoms with E-state index in [9.17, 15) is 18.7 Å². The molecule has 24 heavy (non-hydrogen) atoms. The van der Waals surface area contributed by atoms with E-state index >= 15 is 0 Å². The van der Waals surface area contributed by atoms with Gasteiger partial charge in [0.15, 0.2) is 5.69 Å². The van der Waals surface area contributed by atoms with Gasteiger partial charge in [0.05, 0.1) is 24.3 Å². The Balaban J connectivity index is 1.62. The molecule has 3 heterocycles. The molecule has 3 rings (SSSR count). The van der Waals surface area contributed by atoms with Crippen LogP contribution in [0, 0.1) is 0 Å². The molecule has 10 heteroatoms. The molecule has 1 N–H and O–H groups in total. The van der Waals surface area contributed by atoms with Crippen LogP contribution >= 0.6 is 0 Å². The number of aliphatic hydroxyl groups excluding tert-OH is 1. The summed E-state index contributed by atoms with van der Waals surface area (Å²) in [6, 6.07) is 2.45. The number of halogens is 2. The molecule has 0 unspecified atom stereocenters. The number of hydrogen-bond acceptors (Lipinski definition) is 7. The van der Waals surface area contributed by atoms with Gasteiger partial charge in [0.25, 0.3) is 5.91 Å². The van der Waals surface area contributed by atoms with Crippen LogP contribution in [-0.4, -0.2) is 56.4 Å². The van der Waals surface area contributed by atoms with Gasteiger partial charge >= 0.3 is 6.61 Å². The fourth-order valence-corrected chi connectivity index (χ4v) is 2.25. The maximum absolute atomic E-state index is 12.2. The molecule has 1 aliphatic rings. The molecular formula is C14H14F2N4O4. The van der Waals surface area contributed by atoms with Crippen LogP contribution in [0.25, 0.3) is 0 Å². The van der Waals surface area contributed by atoms with E-state index in [0.29, 0.717) is 5.69 Å². The van der Waals surface area contributed by atoms with Crippen molar-refractivity contribution in [1.29, 1.82) is 0 Å². The van der Waals surface area contributed by atoms with E-state index in [0.717, 1.165) is 0 Å². The molecule has 1 aliphatic heterocycles. The summed E-state index contributed by atoms with van der Waals surface area (Å²) >= 11 is 0. The van der Waals surface area contributed by atoms with Crippen molar-refractivity contribution in [3.05, 3.63) is 35.7 Å². The first-order valence-corrected chi connectivity index (χ1v) is 7.15. The van der Waals surface area contributed by atoms with Gasteiger partial charge < -0.3 is 19.2 Å². The Morgan fingerprint density at radius 3 is 2.88 bits per heavy atom. The number of amides is 1. The minimum atomic E-state index is -2.96. The van der Waals surface area contributed by atoms with E-state index in [4.69, 9.17) is 4.42 Å². The highest BCUT2D eigenvalue weighted by Crippen LogP contribution is 2.21. The largest absolute Gasteiger partial charge is 0.448 e. The van der Waals surface area contributed by atoms with Crippen LogP contribution in [0.15, 0.2) is 22.8 Å². The lowest BCUT2D eigenvalue weighted by Crippen LogP contribution is -2.60. The molecule has 1 fully saturated rings. The van der Waals surface area contributed by atoms with Gasteiger partial charge in [-0.05, 0) is 13.0 Å². The second kappa shape index (κ2) is 6.48. The third-order valence-corrected chi connectivity index (χ3v) is 3.70. The number of carbonyl (C=O) groups is 1. The van der Waals surface area contributed by atoms with Crippen LogP contribution in [0.2, 0.25) is 0 Å². The van der Waals surface area contributed by atoms with Gasteiger partial charge in [0.2, 0.25) is 11.8 Å². The van der Waals surface area contributed by atoms with Gasteiger partial charge in [-0.15, -0.1) is 5.10 Å². The summed E-state index contributed by atoms with van der Waals surface area (Å²) < 4.78 is 33.4. The zero-order chi connectivity index (χ0) is 17.3. The minimum absolute atomic E-state index is 0.134. The van der Waals surface area contributed by atoms with Crippen LogP contribution in [0.5, 0.6) is 5.88 Å². The smallest absolute Gasteiger partial charge is 0.388 e. The molecule has 0 saturated carbocycles. The van der Waals surface area contributed by atoms with E-state index < -0.39 is 12.7 Å². The molecule has 2 aromatic rings. The Hall–Kier alpha value is -2.62. The van der Waals surface area contributed by atoms with Crippen molar-refractivity contribution in [2.45, 2.75) is 32.1 Å². The molecule has 0 bridgehead atoms. The van der Waals surface area contributed by atoms with E-state index in [2.05, 4.69) is 19.9 Å². The Morgan fingerprint density at radius 1 is 1.50 bits per heavy atom. The predicted molar refractivity (Wildman–Crippen MR) is 74.5 cm³/mol. The third kappa shape index (κ3) is 3.32. The van der Waals surface area contributed by atoms with Crippen LogP contribution in [-0.2, 0) is 6.42 Å². The predicted octanol–water partition coefficient (Wildman–Crippen LogP) is 0.862. The highest BCUT2D eigenvalue weighted by Gasteiger charge is 2.38. The van der Waals surface area contributed by atoms with E-state index in [1.54, 1.807) is 6.92 Å². The Bertz CT molecular complexity index is 722. The number of rotatable bonds is 5. The summed E-state index contributed by atoms with van der Waals surface area (Å²) in [5.41, 5.74) is 0.555. The van der Waals surface area contributed by atoms with Crippen molar-refractivity contribution in [2.75, 3.05) is 6.54 Å². The highest BCUT2D eigenvalue weighted by molar-refractivity contribution is 5.92. The molecule has 8 nitrogen and oxygen atoms in total. The molecule has 1 amide bonds. The summed E-state index contributed by atoms with van der Waals surface area (Å²) in [7, 11) is 0. The molecule has 2 atom stereocenters. The van der Waals surface area contributed by atoms with Crippen molar-refractivity contribution >= 4 is 5.91 Å². The standard InChI is InChI=1S/C14H14F2N4O4/c1-7-10(21)5-20(7)13(22)9-6-23-12(17-9)4-8-2-3-11(19-18-8)24-14(15)16/h2-3,6-7,10,14,21H,4-5H2,1H3/t7-,10-/m0/s1. The number of carbonyl (C=O) groups excluding carboxylic acids is 1. The molecular weight excluding hydrogens is 326 g/mol. The van der Waals surface area contributed by atoms with Crippen LogP contribution in [0.4, 0.5) is 8.78 Å². The van der Waals surface area contributed by atoms with Gasteiger partial charge in [0.1, 0.15) is 6.26 Å². The van der Waals surface area contributed by atoms with Crippen molar-refractivity contribution < 1.29 is 27.8 Å². The topological polar surface area (TPSA) is 102 Å². The first kappa shape index (κ1) is 16.2. The Morgan fingerprint density at radius 2 is 2.29 bits per heavy atom. The molecule has 0 aromatic carbocycles. The molecule has 0 aliphatic carbocycles. The lowest BCUT2D eigenvalue weighted by molar-refractivity contribution is -0.0534. The summed E-state index contributed by atoms with van der Waals surface area (Å²) in [4.78, 5) is 17.7. The van der Waals surface area contributed by atoms with Crippen molar-refractivity contribution in [1.82, 2.24) is 20.1 Å². The average molecular weight is 340 g/mol. The quantitative estimate of drug-likeness (QED) is 0.861. The first-order valence-electron chi connectivity index (χ1n) is 7.15. The molecule has 1 saturated heterocycles. The summed E-state index contributed by atoms with van der Waals surface area (Å²) in [6.07, 6.45) is 0.856. The van der Waals surface area contributed by atoms with E-state index in [-0.39, 0.29) is 42.4 Å². The number of β-amino-alcohol motifs (C(OH)–C–C–N with tert-alkyl or cyclic N) is 1. The summed E-state index contributed by atoms with van der Waals surface area (Å²) in [5.74, 6) is -0.374. The minimum Gasteiger partial charge on any atom is -0.448 e.